The maximum atomic E-state index is 12.2. The Bertz CT molecular complexity index is 686. The number of esters is 1. The van der Waals surface area contributed by atoms with E-state index >= 15 is 0 Å². The van der Waals surface area contributed by atoms with Crippen LogP contribution in [0.1, 0.15) is 32.8 Å². The standard InChI is InChI=1S/C20H28N2O6/c1-20(2,3)28-19(25)22-11-10-15(12-22)16(17(23)26-4)21-18(24)27-13-14-8-6-5-7-9-14/h5-9,15-16H,10-13H2,1-4H3,(H,21,24). The van der Waals surface area contributed by atoms with E-state index in [2.05, 4.69) is 5.32 Å². The minimum atomic E-state index is -0.902. The first-order valence-electron chi connectivity index (χ1n) is 9.22. The number of alkyl carbamates (subject to hydrolysis) is 1. The third-order valence-electron chi connectivity index (χ3n) is 4.29. The van der Waals surface area contributed by atoms with Gasteiger partial charge in [0.2, 0.25) is 0 Å². The Morgan fingerprint density at radius 3 is 2.50 bits per heavy atom. The molecule has 1 N–H and O–H groups in total. The number of likely N-dealkylation sites (tertiary alicyclic amines) is 1. The van der Waals surface area contributed by atoms with Crippen molar-refractivity contribution in [3.8, 4) is 0 Å². The minimum Gasteiger partial charge on any atom is -0.467 e. The van der Waals surface area contributed by atoms with Crippen LogP contribution in [0.2, 0.25) is 0 Å². The van der Waals surface area contributed by atoms with E-state index < -0.39 is 29.8 Å². The molecule has 2 amide bonds. The molecule has 1 aromatic carbocycles. The first-order chi connectivity index (χ1) is 13.2. The second-order valence-electron chi connectivity index (χ2n) is 7.68. The Morgan fingerprint density at radius 1 is 1.21 bits per heavy atom. The number of carbonyl (C=O) groups excluding carboxylic acids is 3. The van der Waals surface area contributed by atoms with Gasteiger partial charge >= 0.3 is 18.2 Å². The number of rotatable bonds is 5. The van der Waals surface area contributed by atoms with Crippen molar-refractivity contribution in [2.75, 3.05) is 20.2 Å². The van der Waals surface area contributed by atoms with Crippen molar-refractivity contribution < 1.29 is 28.6 Å². The maximum absolute atomic E-state index is 12.2. The fourth-order valence-corrected chi connectivity index (χ4v) is 2.94. The van der Waals surface area contributed by atoms with Crippen molar-refractivity contribution in [3.05, 3.63) is 35.9 Å². The molecule has 1 saturated heterocycles. The fourth-order valence-electron chi connectivity index (χ4n) is 2.94. The molecule has 154 valence electrons. The predicted molar refractivity (Wildman–Crippen MR) is 101 cm³/mol. The number of carbonyl (C=O) groups is 3. The van der Waals surface area contributed by atoms with Crippen LogP contribution in [-0.2, 0) is 25.6 Å². The van der Waals surface area contributed by atoms with Crippen LogP contribution in [0.15, 0.2) is 30.3 Å². The molecule has 0 aliphatic carbocycles. The Kier molecular flexibility index (Phi) is 7.25. The van der Waals surface area contributed by atoms with E-state index in [1.165, 1.54) is 12.0 Å². The Balaban J connectivity index is 1.93. The average molecular weight is 392 g/mol. The van der Waals surface area contributed by atoms with Gasteiger partial charge in [0.1, 0.15) is 18.2 Å². The monoisotopic (exact) mass is 392 g/mol. The minimum absolute atomic E-state index is 0.0925. The molecule has 2 unspecified atom stereocenters. The second kappa shape index (κ2) is 9.43. The van der Waals surface area contributed by atoms with Crippen molar-refractivity contribution in [1.29, 1.82) is 0 Å². The molecular weight excluding hydrogens is 364 g/mol. The van der Waals surface area contributed by atoms with Gasteiger partial charge in [-0.2, -0.15) is 0 Å². The first-order valence-corrected chi connectivity index (χ1v) is 9.22. The van der Waals surface area contributed by atoms with Gasteiger partial charge in [0.15, 0.2) is 0 Å². The molecule has 1 aliphatic heterocycles. The molecule has 1 fully saturated rings. The highest BCUT2D eigenvalue weighted by Gasteiger charge is 2.38. The molecule has 8 nitrogen and oxygen atoms in total. The van der Waals surface area contributed by atoms with E-state index in [9.17, 15) is 14.4 Å². The lowest BCUT2D eigenvalue weighted by atomic mass is 9.99. The quantitative estimate of drug-likeness (QED) is 0.612. The van der Waals surface area contributed by atoms with Crippen molar-refractivity contribution in [1.82, 2.24) is 10.2 Å². The van der Waals surface area contributed by atoms with E-state index in [0.29, 0.717) is 13.0 Å². The number of hydrogen-bond acceptors (Lipinski definition) is 6. The lowest BCUT2D eigenvalue weighted by Crippen LogP contribution is -2.48. The first kappa shape index (κ1) is 21.5. The Morgan fingerprint density at radius 2 is 1.89 bits per heavy atom. The summed E-state index contributed by atoms with van der Waals surface area (Å²) in [6.07, 6.45) is -0.613. The molecule has 8 heteroatoms. The summed E-state index contributed by atoms with van der Waals surface area (Å²) >= 11 is 0. The summed E-state index contributed by atoms with van der Waals surface area (Å²) in [5.41, 5.74) is 0.236. The summed E-state index contributed by atoms with van der Waals surface area (Å²) in [4.78, 5) is 38.1. The molecule has 28 heavy (non-hydrogen) atoms. The summed E-state index contributed by atoms with van der Waals surface area (Å²) in [7, 11) is 1.26. The van der Waals surface area contributed by atoms with Gasteiger partial charge in [0.25, 0.3) is 0 Å². The van der Waals surface area contributed by atoms with Crippen LogP contribution in [0.5, 0.6) is 0 Å². The normalized spacial score (nSPS) is 17.6. The lowest BCUT2D eigenvalue weighted by Gasteiger charge is -2.25. The molecule has 2 rings (SSSR count). The summed E-state index contributed by atoms with van der Waals surface area (Å²) in [6.45, 7) is 6.19. The van der Waals surface area contributed by atoms with Crippen molar-refractivity contribution in [2.24, 2.45) is 5.92 Å². The van der Waals surface area contributed by atoms with Gasteiger partial charge in [-0.3, -0.25) is 0 Å². The van der Waals surface area contributed by atoms with Gasteiger partial charge in [0.05, 0.1) is 7.11 Å². The van der Waals surface area contributed by atoms with Crippen molar-refractivity contribution in [3.63, 3.8) is 0 Å². The van der Waals surface area contributed by atoms with Gasteiger partial charge < -0.3 is 24.4 Å². The molecule has 1 aliphatic rings. The number of methoxy groups -OCH3 is 1. The van der Waals surface area contributed by atoms with Crippen molar-refractivity contribution >= 4 is 18.2 Å². The van der Waals surface area contributed by atoms with Crippen LogP contribution in [0.3, 0.4) is 0 Å². The smallest absolute Gasteiger partial charge is 0.410 e. The molecule has 1 aromatic rings. The molecule has 0 bridgehead atoms. The average Bonchev–Trinajstić information content (AvgIpc) is 3.13. The van der Waals surface area contributed by atoms with E-state index in [1.807, 2.05) is 30.3 Å². The third-order valence-corrected chi connectivity index (χ3v) is 4.29. The molecule has 0 aromatic heterocycles. The fraction of sp³-hybridized carbons (Fsp3) is 0.550. The van der Waals surface area contributed by atoms with Crippen LogP contribution in [0.25, 0.3) is 0 Å². The Hall–Kier alpha value is -2.77. The van der Waals surface area contributed by atoms with Gasteiger partial charge in [-0.25, -0.2) is 14.4 Å². The summed E-state index contributed by atoms with van der Waals surface area (Å²) < 4.78 is 15.4. The topological polar surface area (TPSA) is 94.2 Å². The highest BCUT2D eigenvalue weighted by molar-refractivity contribution is 5.82. The molecule has 2 atom stereocenters. The van der Waals surface area contributed by atoms with Crippen LogP contribution in [-0.4, -0.2) is 54.9 Å². The van der Waals surface area contributed by atoms with Crippen LogP contribution >= 0.6 is 0 Å². The van der Waals surface area contributed by atoms with Crippen LogP contribution in [0.4, 0.5) is 9.59 Å². The zero-order chi connectivity index (χ0) is 20.7. The third kappa shape index (κ3) is 6.44. The molecule has 0 radical (unpaired) electrons. The summed E-state index contributed by atoms with van der Waals surface area (Å²) in [5.74, 6) is -0.864. The highest BCUT2D eigenvalue weighted by Crippen LogP contribution is 2.23. The number of hydrogen-bond donors (Lipinski definition) is 1. The highest BCUT2D eigenvalue weighted by atomic mass is 16.6. The zero-order valence-corrected chi connectivity index (χ0v) is 16.8. The van der Waals surface area contributed by atoms with Gasteiger partial charge in [-0.15, -0.1) is 0 Å². The summed E-state index contributed by atoms with van der Waals surface area (Å²) in [5, 5.41) is 2.57. The molecule has 0 saturated carbocycles. The largest absolute Gasteiger partial charge is 0.467 e. The van der Waals surface area contributed by atoms with E-state index in [0.717, 1.165) is 5.56 Å². The second-order valence-corrected chi connectivity index (χ2v) is 7.68. The number of ether oxygens (including phenoxy) is 3. The van der Waals surface area contributed by atoms with Gasteiger partial charge in [-0.05, 0) is 32.8 Å². The predicted octanol–water partition coefficient (Wildman–Crippen LogP) is 2.71. The van der Waals surface area contributed by atoms with Crippen molar-refractivity contribution in [2.45, 2.75) is 45.4 Å². The number of amides is 2. The Labute approximate surface area is 165 Å². The van der Waals surface area contributed by atoms with E-state index in [1.54, 1.807) is 20.8 Å². The van der Waals surface area contributed by atoms with Crippen LogP contribution in [0, 0.1) is 5.92 Å². The number of nitrogens with one attached hydrogen (secondary N) is 1. The zero-order valence-electron chi connectivity index (χ0n) is 16.8. The van der Waals surface area contributed by atoms with Gasteiger partial charge in [-0.1, -0.05) is 30.3 Å². The van der Waals surface area contributed by atoms with Gasteiger partial charge in [0, 0.05) is 19.0 Å². The summed E-state index contributed by atoms with van der Waals surface area (Å²) in [6, 6.07) is 8.32. The molecule has 0 spiro atoms. The number of benzene rings is 1. The maximum Gasteiger partial charge on any atom is 0.410 e. The van der Waals surface area contributed by atoms with E-state index in [4.69, 9.17) is 14.2 Å². The number of nitrogens with zero attached hydrogens (tertiary/aromatic N) is 1. The van der Waals surface area contributed by atoms with E-state index in [-0.39, 0.29) is 19.1 Å². The van der Waals surface area contributed by atoms with Crippen LogP contribution < -0.4 is 5.32 Å². The lowest BCUT2D eigenvalue weighted by molar-refractivity contribution is -0.144. The SMILES string of the molecule is COC(=O)C(NC(=O)OCc1ccccc1)C1CCN(C(=O)OC(C)(C)C)C1. The molecule has 1 heterocycles. The molecular formula is C20H28N2O6.